The molecule has 0 fully saturated rings. The molecule has 0 bridgehead atoms. The number of halogens is 1. The van der Waals surface area contributed by atoms with Crippen molar-refractivity contribution in [3.63, 3.8) is 0 Å². The second-order valence-electron chi connectivity index (χ2n) is 2.20. The minimum absolute atomic E-state index is 0.403. The Balaban J connectivity index is 2.57. The van der Waals surface area contributed by atoms with Crippen molar-refractivity contribution in [2.24, 2.45) is 0 Å². The summed E-state index contributed by atoms with van der Waals surface area (Å²) in [4.78, 5) is 7.85. The Morgan fingerprint density at radius 2 is 2.42 bits per heavy atom. The first-order chi connectivity index (χ1) is 5.68. The zero-order valence-electron chi connectivity index (χ0n) is 6.42. The van der Waals surface area contributed by atoms with Crippen molar-refractivity contribution in [3.05, 3.63) is 23.5 Å². The van der Waals surface area contributed by atoms with Crippen LogP contribution in [-0.2, 0) is 0 Å². The Labute approximate surface area is 79.0 Å². The molecule has 1 aromatic rings. The largest absolute Gasteiger partial charge is 0.382 e. The van der Waals surface area contributed by atoms with Gasteiger partial charge in [-0.05, 0) is 0 Å². The van der Waals surface area contributed by atoms with Crippen LogP contribution in [-0.4, -0.2) is 16.5 Å². The molecule has 0 unspecified atom stereocenters. The fraction of sp³-hybridized carbons (Fsp3) is 0.143. The molecule has 64 valence electrons. The lowest BCUT2D eigenvalue weighted by Crippen LogP contribution is -2.04. The molecule has 0 amide bonds. The zero-order valence-corrected chi connectivity index (χ0v) is 8.00. The second kappa shape index (κ2) is 4.06. The molecule has 0 aliphatic heterocycles. The second-order valence-corrected chi connectivity index (χ2v) is 3.32. The van der Waals surface area contributed by atoms with E-state index in [-0.39, 0.29) is 0 Å². The molecular weight excluding hydrogens is 220 g/mol. The van der Waals surface area contributed by atoms with Crippen molar-refractivity contribution < 1.29 is 0 Å². The fourth-order valence-corrected chi connectivity index (χ4v) is 0.793. The van der Waals surface area contributed by atoms with Gasteiger partial charge in [-0.15, -0.1) is 0 Å². The Morgan fingerprint density at radius 1 is 1.67 bits per heavy atom. The number of nitrogens with two attached hydrogens (primary N) is 1. The molecule has 4 nitrogen and oxygen atoms in total. The number of nitrogen functional groups attached to an aromatic ring is 1. The highest BCUT2D eigenvalue weighted by molar-refractivity contribution is 9.11. The van der Waals surface area contributed by atoms with Gasteiger partial charge in [0.1, 0.15) is 11.6 Å². The summed E-state index contributed by atoms with van der Waals surface area (Å²) in [6.45, 7) is 4.28. The van der Waals surface area contributed by atoms with Gasteiger partial charge in [-0.1, -0.05) is 22.5 Å². The molecule has 0 aliphatic carbocycles. The van der Waals surface area contributed by atoms with Crippen molar-refractivity contribution in [2.45, 2.75) is 0 Å². The highest BCUT2D eigenvalue weighted by Crippen LogP contribution is 2.05. The summed E-state index contributed by atoms with van der Waals surface area (Å²) < 4.78 is 0.853. The number of nitrogens with zero attached hydrogens (tertiary/aromatic N) is 2. The van der Waals surface area contributed by atoms with Crippen molar-refractivity contribution in [1.82, 2.24) is 9.97 Å². The first kappa shape index (κ1) is 8.99. The third kappa shape index (κ3) is 2.87. The summed E-state index contributed by atoms with van der Waals surface area (Å²) in [6, 6.07) is 0. The highest BCUT2D eigenvalue weighted by atomic mass is 79.9. The standard InChI is InChI=1S/C7H9BrN4/c1-5(8)2-11-7-4-10-3-6(9)12-7/h3-4H,1-2H2,(H3,9,11,12). The fourth-order valence-electron chi connectivity index (χ4n) is 0.653. The average Bonchev–Trinajstić information content (AvgIpc) is 2.01. The third-order valence-corrected chi connectivity index (χ3v) is 1.39. The van der Waals surface area contributed by atoms with Gasteiger partial charge in [-0.25, -0.2) is 4.98 Å². The molecule has 3 N–H and O–H groups in total. The monoisotopic (exact) mass is 228 g/mol. The molecule has 0 saturated heterocycles. The lowest BCUT2D eigenvalue weighted by Gasteiger charge is -2.02. The van der Waals surface area contributed by atoms with Gasteiger partial charge in [0.15, 0.2) is 0 Å². The van der Waals surface area contributed by atoms with Gasteiger partial charge < -0.3 is 11.1 Å². The van der Waals surface area contributed by atoms with Crippen LogP contribution in [0.4, 0.5) is 11.6 Å². The quantitative estimate of drug-likeness (QED) is 0.821. The topological polar surface area (TPSA) is 63.8 Å². The lowest BCUT2D eigenvalue weighted by atomic mass is 10.5. The van der Waals surface area contributed by atoms with Crippen LogP contribution in [0.25, 0.3) is 0 Å². The maximum Gasteiger partial charge on any atom is 0.147 e. The van der Waals surface area contributed by atoms with Crippen molar-refractivity contribution in [2.75, 3.05) is 17.6 Å². The first-order valence-electron chi connectivity index (χ1n) is 3.33. The zero-order chi connectivity index (χ0) is 8.97. The summed E-state index contributed by atoms with van der Waals surface area (Å²) in [6.07, 6.45) is 3.10. The molecule has 12 heavy (non-hydrogen) atoms. The number of hydrogen-bond donors (Lipinski definition) is 2. The maximum atomic E-state index is 5.42. The Bertz CT molecular complexity index is 286. The number of anilines is 2. The van der Waals surface area contributed by atoms with E-state index in [0.29, 0.717) is 18.2 Å². The van der Waals surface area contributed by atoms with Crippen molar-refractivity contribution in [1.29, 1.82) is 0 Å². The SMILES string of the molecule is C=C(Br)CNc1cncc(N)n1. The molecule has 0 atom stereocenters. The van der Waals surface area contributed by atoms with E-state index in [1.165, 1.54) is 6.20 Å². The molecule has 5 heteroatoms. The third-order valence-electron chi connectivity index (χ3n) is 1.11. The normalized spacial score (nSPS) is 9.42. The Hall–Kier alpha value is -1.10. The average molecular weight is 229 g/mol. The van der Waals surface area contributed by atoms with Crippen LogP contribution in [0.5, 0.6) is 0 Å². The summed E-state index contributed by atoms with van der Waals surface area (Å²) in [5.41, 5.74) is 5.42. The van der Waals surface area contributed by atoms with Crippen LogP contribution >= 0.6 is 15.9 Å². The van der Waals surface area contributed by atoms with E-state index in [1.54, 1.807) is 6.20 Å². The molecular formula is C7H9BrN4. The summed E-state index contributed by atoms with van der Waals surface area (Å²) in [5, 5.41) is 2.98. The van der Waals surface area contributed by atoms with Gasteiger partial charge in [-0.2, -0.15) is 0 Å². The Kier molecular flexibility index (Phi) is 3.04. The summed E-state index contributed by atoms with van der Waals surface area (Å²) >= 11 is 3.21. The molecule has 1 rings (SSSR count). The molecule has 1 heterocycles. The number of aromatic nitrogens is 2. The predicted molar refractivity (Wildman–Crippen MR) is 53.0 cm³/mol. The van der Waals surface area contributed by atoms with Gasteiger partial charge in [0.2, 0.25) is 0 Å². The van der Waals surface area contributed by atoms with Crippen molar-refractivity contribution >= 4 is 27.6 Å². The summed E-state index contributed by atoms with van der Waals surface area (Å²) in [7, 11) is 0. The molecule has 0 aromatic carbocycles. The van der Waals surface area contributed by atoms with Gasteiger partial charge in [-0.3, -0.25) is 4.98 Å². The van der Waals surface area contributed by atoms with Crippen LogP contribution in [0.2, 0.25) is 0 Å². The van der Waals surface area contributed by atoms with E-state index < -0.39 is 0 Å². The van der Waals surface area contributed by atoms with E-state index in [0.717, 1.165) is 4.48 Å². The van der Waals surface area contributed by atoms with E-state index in [4.69, 9.17) is 5.73 Å². The van der Waals surface area contributed by atoms with E-state index in [2.05, 4.69) is 37.8 Å². The van der Waals surface area contributed by atoms with Gasteiger partial charge >= 0.3 is 0 Å². The van der Waals surface area contributed by atoms with Gasteiger partial charge in [0, 0.05) is 11.0 Å². The molecule has 0 spiro atoms. The molecule has 0 aliphatic rings. The van der Waals surface area contributed by atoms with E-state index >= 15 is 0 Å². The van der Waals surface area contributed by atoms with Gasteiger partial charge in [0.25, 0.3) is 0 Å². The van der Waals surface area contributed by atoms with Crippen LogP contribution < -0.4 is 11.1 Å². The van der Waals surface area contributed by atoms with Crippen LogP contribution in [0.3, 0.4) is 0 Å². The molecule has 1 aromatic heterocycles. The van der Waals surface area contributed by atoms with Crippen LogP contribution in [0, 0.1) is 0 Å². The van der Waals surface area contributed by atoms with E-state index in [1.807, 2.05) is 0 Å². The number of rotatable bonds is 3. The minimum Gasteiger partial charge on any atom is -0.382 e. The maximum absolute atomic E-state index is 5.42. The minimum atomic E-state index is 0.403. The first-order valence-corrected chi connectivity index (χ1v) is 4.12. The highest BCUT2D eigenvalue weighted by Gasteiger charge is 1.94. The molecule has 0 saturated carbocycles. The number of nitrogens with one attached hydrogen (secondary N) is 1. The predicted octanol–water partition coefficient (Wildman–Crippen LogP) is 1.38. The smallest absolute Gasteiger partial charge is 0.147 e. The van der Waals surface area contributed by atoms with Crippen LogP contribution in [0.15, 0.2) is 23.5 Å². The summed E-state index contributed by atoms with van der Waals surface area (Å²) in [5.74, 6) is 1.05. The van der Waals surface area contributed by atoms with Gasteiger partial charge in [0.05, 0.1) is 12.4 Å². The van der Waals surface area contributed by atoms with E-state index in [9.17, 15) is 0 Å². The van der Waals surface area contributed by atoms with Crippen LogP contribution in [0.1, 0.15) is 0 Å². The Morgan fingerprint density at radius 3 is 3.00 bits per heavy atom. The molecule has 0 radical (unpaired) electrons. The van der Waals surface area contributed by atoms with Crippen molar-refractivity contribution in [3.8, 4) is 0 Å². The lowest BCUT2D eigenvalue weighted by molar-refractivity contribution is 1.17. The number of hydrogen-bond acceptors (Lipinski definition) is 4.